The highest BCUT2D eigenvalue weighted by Crippen LogP contribution is 2.32. The van der Waals surface area contributed by atoms with E-state index < -0.39 is 16.1 Å². The average Bonchev–Trinajstić information content (AvgIpc) is 3.22. The number of ether oxygens (including phenoxy) is 2. The van der Waals surface area contributed by atoms with Gasteiger partial charge in [0.15, 0.2) is 0 Å². The van der Waals surface area contributed by atoms with E-state index in [0.717, 1.165) is 16.8 Å². The van der Waals surface area contributed by atoms with Crippen LogP contribution in [0.3, 0.4) is 0 Å². The standard InChI is InChI=1S/C20H23N3O4S/c1-14-11-19(27-4)20(12-18(14)26-3)28(24,25)22-15(2)16-5-7-17(8-6-16)23-10-9-21-13-23/h5-13,15,22H,1-4H3. The normalized spacial score (nSPS) is 12.6. The van der Waals surface area contributed by atoms with Crippen molar-refractivity contribution in [2.45, 2.75) is 24.8 Å². The van der Waals surface area contributed by atoms with Crippen molar-refractivity contribution in [2.75, 3.05) is 14.2 Å². The van der Waals surface area contributed by atoms with Crippen LogP contribution in [0.25, 0.3) is 5.69 Å². The second kappa shape index (κ2) is 8.04. The van der Waals surface area contributed by atoms with E-state index >= 15 is 0 Å². The van der Waals surface area contributed by atoms with Crippen molar-refractivity contribution >= 4 is 10.0 Å². The average molecular weight is 401 g/mol. The van der Waals surface area contributed by atoms with Crippen LogP contribution in [0.5, 0.6) is 11.5 Å². The number of benzene rings is 2. The van der Waals surface area contributed by atoms with Crippen molar-refractivity contribution in [2.24, 2.45) is 0 Å². The minimum atomic E-state index is -3.82. The Hall–Kier alpha value is -2.84. The van der Waals surface area contributed by atoms with Crippen molar-refractivity contribution in [3.8, 4) is 17.2 Å². The van der Waals surface area contributed by atoms with E-state index in [9.17, 15) is 8.42 Å². The molecule has 3 rings (SSSR count). The fourth-order valence-corrected chi connectivity index (χ4v) is 4.34. The molecule has 0 saturated heterocycles. The van der Waals surface area contributed by atoms with Gasteiger partial charge in [0.1, 0.15) is 16.4 Å². The van der Waals surface area contributed by atoms with Crippen LogP contribution < -0.4 is 14.2 Å². The summed E-state index contributed by atoms with van der Waals surface area (Å²) in [6, 6.07) is 10.3. The summed E-state index contributed by atoms with van der Waals surface area (Å²) in [6.07, 6.45) is 5.25. The Morgan fingerprint density at radius 3 is 2.32 bits per heavy atom. The minimum absolute atomic E-state index is 0.0411. The van der Waals surface area contributed by atoms with Crippen molar-refractivity contribution in [3.63, 3.8) is 0 Å². The van der Waals surface area contributed by atoms with Gasteiger partial charge in [0.05, 0.1) is 20.5 Å². The molecule has 3 aromatic rings. The van der Waals surface area contributed by atoms with Gasteiger partial charge in [0.2, 0.25) is 10.0 Å². The summed E-state index contributed by atoms with van der Waals surface area (Å²) < 4.78 is 41.1. The minimum Gasteiger partial charge on any atom is -0.496 e. The number of rotatable bonds is 7. The Bertz CT molecular complexity index is 1050. The Labute approximate surface area is 165 Å². The fourth-order valence-electron chi connectivity index (χ4n) is 2.94. The summed E-state index contributed by atoms with van der Waals surface area (Å²) in [5.41, 5.74) is 2.58. The number of imidazole rings is 1. The van der Waals surface area contributed by atoms with Crippen molar-refractivity contribution < 1.29 is 17.9 Å². The molecule has 1 atom stereocenters. The van der Waals surface area contributed by atoms with Crippen LogP contribution in [0.4, 0.5) is 0 Å². The number of aryl methyl sites for hydroxylation is 1. The molecule has 0 aliphatic rings. The quantitative estimate of drug-likeness (QED) is 0.657. The SMILES string of the molecule is COc1cc(S(=O)(=O)NC(C)c2ccc(-n3ccnc3)cc2)c(OC)cc1C. The third-order valence-electron chi connectivity index (χ3n) is 4.50. The number of nitrogens with zero attached hydrogens (tertiary/aromatic N) is 2. The second-order valence-electron chi connectivity index (χ2n) is 6.38. The molecule has 28 heavy (non-hydrogen) atoms. The molecule has 1 heterocycles. The molecule has 1 aromatic heterocycles. The van der Waals surface area contributed by atoms with E-state index in [1.54, 1.807) is 25.5 Å². The molecular weight excluding hydrogens is 378 g/mol. The van der Waals surface area contributed by atoms with Gasteiger partial charge in [-0.05, 0) is 43.2 Å². The predicted molar refractivity (Wildman–Crippen MR) is 107 cm³/mol. The van der Waals surface area contributed by atoms with Crippen LogP contribution in [-0.2, 0) is 10.0 Å². The van der Waals surface area contributed by atoms with Crippen LogP contribution in [-0.4, -0.2) is 32.2 Å². The lowest BCUT2D eigenvalue weighted by atomic mass is 10.1. The van der Waals surface area contributed by atoms with Gasteiger partial charge in [-0.25, -0.2) is 18.1 Å². The molecule has 2 aromatic carbocycles. The molecule has 0 aliphatic heterocycles. The molecule has 7 nitrogen and oxygen atoms in total. The maximum absolute atomic E-state index is 13.0. The van der Waals surface area contributed by atoms with Crippen LogP contribution in [0.15, 0.2) is 60.0 Å². The topological polar surface area (TPSA) is 82.5 Å². The summed E-state index contributed by atoms with van der Waals surface area (Å²) in [5.74, 6) is 0.756. The lowest BCUT2D eigenvalue weighted by Gasteiger charge is -2.18. The third-order valence-corrected chi connectivity index (χ3v) is 6.06. The van der Waals surface area contributed by atoms with E-state index in [2.05, 4.69) is 9.71 Å². The van der Waals surface area contributed by atoms with E-state index in [-0.39, 0.29) is 10.6 Å². The van der Waals surface area contributed by atoms with Crippen LogP contribution >= 0.6 is 0 Å². The highest BCUT2D eigenvalue weighted by atomic mass is 32.2. The number of nitrogens with one attached hydrogen (secondary N) is 1. The van der Waals surface area contributed by atoms with Gasteiger partial charge in [0, 0.05) is 30.2 Å². The smallest absolute Gasteiger partial charge is 0.244 e. The van der Waals surface area contributed by atoms with Crippen LogP contribution in [0.1, 0.15) is 24.1 Å². The summed E-state index contributed by atoms with van der Waals surface area (Å²) in [4.78, 5) is 4.06. The highest BCUT2D eigenvalue weighted by Gasteiger charge is 2.24. The van der Waals surface area contributed by atoms with E-state index in [0.29, 0.717) is 5.75 Å². The predicted octanol–water partition coefficient (Wildman–Crippen LogP) is 3.24. The van der Waals surface area contributed by atoms with Crippen LogP contribution in [0, 0.1) is 6.92 Å². The van der Waals surface area contributed by atoms with Gasteiger partial charge in [-0.3, -0.25) is 0 Å². The third kappa shape index (κ3) is 4.02. The lowest BCUT2D eigenvalue weighted by Crippen LogP contribution is -2.27. The monoisotopic (exact) mass is 401 g/mol. The molecule has 0 fully saturated rings. The molecule has 1 N–H and O–H groups in total. The van der Waals surface area contributed by atoms with Gasteiger partial charge < -0.3 is 14.0 Å². The molecule has 0 saturated carbocycles. The van der Waals surface area contributed by atoms with Crippen molar-refractivity contribution in [1.29, 1.82) is 0 Å². The lowest BCUT2D eigenvalue weighted by molar-refractivity contribution is 0.389. The molecule has 0 aliphatic carbocycles. The summed E-state index contributed by atoms with van der Waals surface area (Å²) in [5, 5.41) is 0. The zero-order valence-electron chi connectivity index (χ0n) is 16.2. The molecule has 0 radical (unpaired) electrons. The fraction of sp³-hybridized carbons (Fsp3) is 0.250. The zero-order valence-corrected chi connectivity index (χ0v) is 17.0. The van der Waals surface area contributed by atoms with Gasteiger partial charge in [-0.2, -0.15) is 0 Å². The molecule has 8 heteroatoms. The first-order chi connectivity index (χ1) is 13.4. The maximum Gasteiger partial charge on any atom is 0.244 e. The van der Waals surface area contributed by atoms with Gasteiger partial charge >= 0.3 is 0 Å². The number of aromatic nitrogens is 2. The number of sulfonamides is 1. The van der Waals surface area contributed by atoms with E-state index in [1.165, 1.54) is 20.3 Å². The number of methoxy groups -OCH3 is 2. The number of hydrogen-bond donors (Lipinski definition) is 1. The van der Waals surface area contributed by atoms with E-state index in [1.807, 2.05) is 42.0 Å². The Balaban J connectivity index is 1.86. The van der Waals surface area contributed by atoms with Gasteiger partial charge in [-0.15, -0.1) is 0 Å². The van der Waals surface area contributed by atoms with Gasteiger partial charge in [-0.1, -0.05) is 12.1 Å². The van der Waals surface area contributed by atoms with Gasteiger partial charge in [0.25, 0.3) is 0 Å². The first-order valence-corrected chi connectivity index (χ1v) is 10.2. The maximum atomic E-state index is 13.0. The Morgan fingerprint density at radius 2 is 1.75 bits per heavy atom. The molecule has 0 bridgehead atoms. The van der Waals surface area contributed by atoms with Crippen molar-refractivity contribution in [1.82, 2.24) is 14.3 Å². The molecular formula is C20H23N3O4S. The number of hydrogen-bond acceptors (Lipinski definition) is 5. The molecule has 148 valence electrons. The molecule has 1 unspecified atom stereocenters. The van der Waals surface area contributed by atoms with Crippen LogP contribution in [0.2, 0.25) is 0 Å². The summed E-state index contributed by atoms with van der Waals surface area (Å²) in [6.45, 7) is 3.62. The van der Waals surface area contributed by atoms with E-state index in [4.69, 9.17) is 9.47 Å². The molecule has 0 spiro atoms. The summed E-state index contributed by atoms with van der Waals surface area (Å²) >= 11 is 0. The molecule has 0 amide bonds. The van der Waals surface area contributed by atoms with Crippen molar-refractivity contribution in [3.05, 3.63) is 66.2 Å². The summed E-state index contributed by atoms with van der Waals surface area (Å²) in [7, 11) is -0.877. The first-order valence-electron chi connectivity index (χ1n) is 8.69. The first kappa shape index (κ1) is 19.9. The Kier molecular flexibility index (Phi) is 5.71. The zero-order chi connectivity index (χ0) is 20.3. The largest absolute Gasteiger partial charge is 0.496 e. The highest BCUT2D eigenvalue weighted by molar-refractivity contribution is 7.89. The second-order valence-corrected chi connectivity index (χ2v) is 8.06. The Morgan fingerprint density at radius 1 is 1.07 bits per heavy atom.